The number of aromatic nitrogens is 1. The van der Waals surface area contributed by atoms with Gasteiger partial charge in [-0.15, -0.1) is 0 Å². The highest BCUT2D eigenvalue weighted by molar-refractivity contribution is 5.77. The molecule has 5 nitrogen and oxygen atoms in total. The number of carbonyl (C=O) groups is 1. The number of nitrogens with one attached hydrogen (secondary N) is 1. The Morgan fingerprint density at radius 3 is 2.85 bits per heavy atom. The largest absolute Gasteiger partial charge is 0.318 e. The summed E-state index contributed by atoms with van der Waals surface area (Å²) in [6.45, 7) is 0. The third-order valence-electron chi connectivity index (χ3n) is 1.67. The van der Waals surface area contributed by atoms with E-state index < -0.39 is 0 Å². The minimum Gasteiger partial charge on any atom is -0.318 e. The number of nitrogens with zero attached hydrogens (tertiary/aromatic N) is 1. The van der Waals surface area contributed by atoms with E-state index in [0.29, 0.717) is 0 Å². The van der Waals surface area contributed by atoms with Gasteiger partial charge in [-0.2, -0.15) is 0 Å². The Morgan fingerprint density at radius 2 is 2.31 bits per heavy atom. The van der Waals surface area contributed by atoms with Gasteiger partial charge in [-0.25, -0.2) is 5.84 Å². The molecule has 0 aliphatic heterocycles. The predicted octanol–water partition coefficient (Wildman–Crippen LogP) is -1.08. The monoisotopic (exact) mass is 181 g/mol. The number of hydrogen-bond donors (Lipinski definition) is 2. The van der Waals surface area contributed by atoms with Crippen molar-refractivity contribution < 1.29 is 4.79 Å². The third kappa shape index (κ3) is 2.41. The zero-order chi connectivity index (χ0) is 9.84. The molecular weight excluding hydrogens is 170 g/mol. The zero-order valence-electron chi connectivity index (χ0n) is 7.28. The van der Waals surface area contributed by atoms with E-state index in [1.165, 1.54) is 10.6 Å². The van der Waals surface area contributed by atoms with Crippen molar-refractivity contribution in [3.8, 4) is 0 Å². The maximum atomic E-state index is 11.0. The van der Waals surface area contributed by atoms with Crippen LogP contribution in [-0.4, -0.2) is 10.5 Å². The number of aryl methyl sites for hydroxylation is 1. The highest BCUT2D eigenvalue weighted by atomic mass is 16.2. The smallest absolute Gasteiger partial charge is 0.250 e. The Balaban J connectivity index is 2.86. The van der Waals surface area contributed by atoms with Crippen LogP contribution in [0.25, 0.3) is 0 Å². The molecule has 0 saturated heterocycles. The lowest BCUT2D eigenvalue weighted by molar-refractivity contribution is -0.120. The first-order valence-corrected chi connectivity index (χ1v) is 3.78. The minimum atomic E-state index is -0.279. The number of amides is 1. The van der Waals surface area contributed by atoms with Gasteiger partial charge < -0.3 is 4.57 Å². The van der Waals surface area contributed by atoms with Crippen LogP contribution in [0, 0.1) is 0 Å². The average molecular weight is 181 g/mol. The number of carbonyl (C=O) groups excluding carboxylic acids is 1. The summed E-state index contributed by atoms with van der Waals surface area (Å²) in [4.78, 5) is 21.8. The molecule has 1 aromatic heterocycles. The van der Waals surface area contributed by atoms with E-state index in [1.54, 1.807) is 19.3 Å². The fourth-order valence-electron chi connectivity index (χ4n) is 0.992. The number of rotatable bonds is 2. The molecule has 70 valence electrons. The van der Waals surface area contributed by atoms with Crippen LogP contribution in [0.15, 0.2) is 23.1 Å². The van der Waals surface area contributed by atoms with Crippen LogP contribution in [0.1, 0.15) is 5.56 Å². The van der Waals surface area contributed by atoms with Crippen molar-refractivity contribution in [3.05, 3.63) is 34.2 Å². The zero-order valence-corrected chi connectivity index (χ0v) is 7.28. The molecule has 0 radical (unpaired) electrons. The van der Waals surface area contributed by atoms with E-state index in [2.05, 4.69) is 0 Å². The molecule has 0 bridgehead atoms. The van der Waals surface area contributed by atoms with Crippen molar-refractivity contribution in [2.75, 3.05) is 0 Å². The second-order valence-electron chi connectivity index (χ2n) is 2.73. The standard InChI is InChI=1S/C8H11N3O2/c1-11-5-6(2-3-8(11)13)4-7(12)10-9/h2-3,5H,4,9H2,1H3,(H,10,12). The molecule has 0 atom stereocenters. The summed E-state index contributed by atoms with van der Waals surface area (Å²) in [5.74, 6) is 4.64. The first kappa shape index (κ1) is 9.47. The van der Waals surface area contributed by atoms with Crippen LogP contribution in [0.4, 0.5) is 0 Å². The maximum Gasteiger partial charge on any atom is 0.250 e. The lowest BCUT2D eigenvalue weighted by Crippen LogP contribution is -2.31. The van der Waals surface area contributed by atoms with Gasteiger partial charge in [0.05, 0.1) is 6.42 Å². The summed E-state index contributed by atoms with van der Waals surface area (Å²) in [6, 6.07) is 3.02. The first-order valence-electron chi connectivity index (χ1n) is 3.78. The summed E-state index contributed by atoms with van der Waals surface area (Å²) in [7, 11) is 1.63. The van der Waals surface area contributed by atoms with Gasteiger partial charge in [0.25, 0.3) is 0 Å². The molecule has 1 aromatic rings. The summed E-state index contributed by atoms with van der Waals surface area (Å²) in [5.41, 5.74) is 2.68. The normalized spacial score (nSPS) is 9.69. The van der Waals surface area contributed by atoms with Gasteiger partial charge >= 0.3 is 0 Å². The second-order valence-corrected chi connectivity index (χ2v) is 2.73. The van der Waals surface area contributed by atoms with Crippen LogP contribution >= 0.6 is 0 Å². The summed E-state index contributed by atoms with van der Waals surface area (Å²) in [6.07, 6.45) is 1.79. The molecule has 0 aliphatic rings. The highest BCUT2D eigenvalue weighted by Gasteiger charge is 2.01. The molecule has 0 fully saturated rings. The van der Waals surface area contributed by atoms with Crippen LogP contribution in [0.2, 0.25) is 0 Å². The first-order chi connectivity index (χ1) is 6.13. The highest BCUT2D eigenvalue weighted by Crippen LogP contribution is 1.95. The maximum absolute atomic E-state index is 11.0. The van der Waals surface area contributed by atoms with Gasteiger partial charge in [0.1, 0.15) is 0 Å². The van der Waals surface area contributed by atoms with Crippen LogP contribution in [0.5, 0.6) is 0 Å². The van der Waals surface area contributed by atoms with Crippen molar-refractivity contribution >= 4 is 5.91 Å². The minimum absolute atomic E-state index is 0.100. The molecule has 0 saturated carbocycles. The van der Waals surface area contributed by atoms with Crippen molar-refractivity contribution in [3.63, 3.8) is 0 Å². The molecular formula is C8H11N3O2. The van der Waals surface area contributed by atoms with E-state index in [1.807, 2.05) is 5.43 Å². The molecule has 13 heavy (non-hydrogen) atoms. The Labute approximate surface area is 75.1 Å². The topological polar surface area (TPSA) is 77.1 Å². The van der Waals surface area contributed by atoms with Crippen molar-refractivity contribution in [2.24, 2.45) is 12.9 Å². The molecule has 1 rings (SSSR count). The van der Waals surface area contributed by atoms with Gasteiger partial charge in [0.15, 0.2) is 0 Å². The molecule has 1 amide bonds. The van der Waals surface area contributed by atoms with E-state index >= 15 is 0 Å². The van der Waals surface area contributed by atoms with E-state index in [-0.39, 0.29) is 17.9 Å². The Bertz CT molecular complexity index is 370. The van der Waals surface area contributed by atoms with Crippen LogP contribution < -0.4 is 16.8 Å². The van der Waals surface area contributed by atoms with Crippen LogP contribution in [0.3, 0.4) is 0 Å². The number of hydrogen-bond acceptors (Lipinski definition) is 3. The molecule has 3 N–H and O–H groups in total. The van der Waals surface area contributed by atoms with E-state index in [0.717, 1.165) is 5.56 Å². The second kappa shape index (κ2) is 3.86. The molecule has 0 unspecified atom stereocenters. The SMILES string of the molecule is Cn1cc(CC(=O)NN)ccc1=O. The van der Waals surface area contributed by atoms with Gasteiger partial charge in [-0.1, -0.05) is 6.07 Å². The molecule has 0 aliphatic carbocycles. The number of nitrogens with two attached hydrogens (primary N) is 1. The molecule has 0 spiro atoms. The lowest BCUT2D eigenvalue weighted by Gasteiger charge is -2.01. The summed E-state index contributed by atoms with van der Waals surface area (Å²) < 4.78 is 1.42. The predicted molar refractivity (Wildman–Crippen MR) is 47.7 cm³/mol. The Morgan fingerprint density at radius 1 is 1.62 bits per heavy atom. The number of pyridine rings is 1. The van der Waals surface area contributed by atoms with E-state index in [4.69, 9.17) is 5.84 Å². The molecule has 1 heterocycles. The van der Waals surface area contributed by atoms with Crippen LogP contribution in [-0.2, 0) is 18.3 Å². The quantitative estimate of drug-likeness (QED) is 0.346. The van der Waals surface area contributed by atoms with Crippen molar-refractivity contribution in [2.45, 2.75) is 6.42 Å². The van der Waals surface area contributed by atoms with Gasteiger partial charge in [0, 0.05) is 19.3 Å². The van der Waals surface area contributed by atoms with Crippen molar-refractivity contribution in [1.29, 1.82) is 0 Å². The van der Waals surface area contributed by atoms with Gasteiger partial charge in [-0.3, -0.25) is 15.0 Å². The average Bonchev–Trinajstić information content (AvgIpc) is 2.11. The van der Waals surface area contributed by atoms with Gasteiger partial charge in [0.2, 0.25) is 11.5 Å². The van der Waals surface area contributed by atoms with Crippen molar-refractivity contribution in [1.82, 2.24) is 9.99 Å². The van der Waals surface area contributed by atoms with Gasteiger partial charge in [-0.05, 0) is 5.56 Å². The Hall–Kier alpha value is -1.62. The number of hydrazine groups is 1. The molecule has 0 aromatic carbocycles. The fraction of sp³-hybridized carbons (Fsp3) is 0.250. The summed E-state index contributed by atoms with van der Waals surface area (Å²) in [5, 5.41) is 0. The Kier molecular flexibility index (Phi) is 2.81. The fourth-order valence-corrected chi connectivity index (χ4v) is 0.992. The third-order valence-corrected chi connectivity index (χ3v) is 1.67. The van der Waals surface area contributed by atoms with E-state index in [9.17, 15) is 9.59 Å². The lowest BCUT2D eigenvalue weighted by atomic mass is 10.2. The molecule has 5 heteroatoms. The summed E-state index contributed by atoms with van der Waals surface area (Å²) >= 11 is 0.